The number of rotatable bonds is 4. The fourth-order valence-electron chi connectivity index (χ4n) is 2.67. The Hall–Kier alpha value is -0.880. The topological polar surface area (TPSA) is 71.2 Å². The number of anilines is 1. The fourth-order valence-corrected chi connectivity index (χ4v) is 3.10. The molecule has 1 fully saturated rings. The summed E-state index contributed by atoms with van der Waals surface area (Å²) in [6.45, 7) is 3.17. The smallest absolute Gasteiger partial charge is 0.239 e. The summed E-state index contributed by atoms with van der Waals surface area (Å²) in [5.74, 6) is 0.194. The molecule has 1 aliphatic heterocycles. The van der Waals surface area contributed by atoms with E-state index in [1.54, 1.807) is 6.07 Å². The predicted molar refractivity (Wildman–Crippen MR) is 85.7 cm³/mol. The second-order valence-corrected chi connectivity index (χ2v) is 6.27. The van der Waals surface area contributed by atoms with Crippen LogP contribution in [0.5, 0.6) is 0 Å². The maximum Gasteiger partial charge on any atom is 0.239 e. The van der Waals surface area contributed by atoms with Crippen molar-refractivity contribution >= 4 is 34.9 Å². The van der Waals surface area contributed by atoms with Crippen LogP contribution in [-0.2, 0) is 4.79 Å². The molecule has 116 valence electrons. The summed E-state index contributed by atoms with van der Waals surface area (Å²) in [7, 11) is 0. The number of hydrogen-bond donors (Lipinski definition) is 2. The summed E-state index contributed by atoms with van der Waals surface area (Å²) in [5.41, 5.74) is 6.01. The molecule has 0 aliphatic carbocycles. The number of carbonyl (C=O) groups is 1. The van der Waals surface area contributed by atoms with E-state index in [9.17, 15) is 4.79 Å². The standard InChI is InChI=1S/C14H20Cl2N4O/c1-9(17)12-4-2-3-5-20(12)8-13(21)19-14-11(16)6-10(15)7-18-14/h6-7,9,12H,2-5,8,17H2,1H3,(H,18,19,21). The van der Waals surface area contributed by atoms with Gasteiger partial charge in [0.2, 0.25) is 5.91 Å². The summed E-state index contributed by atoms with van der Waals surface area (Å²) >= 11 is 11.8. The number of carbonyl (C=O) groups excluding carboxylic acids is 1. The number of nitrogens with zero attached hydrogens (tertiary/aromatic N) is 2. The molecule has 1 aromatic rings. The number of pyridine rings is 1. The van der Waals surface area contributed by atoms with Crippen molar-refractivity contribution in [1.82, 2.24) is 9.88 Å². The lowest BCUT2D eigenvalue weighted by Gasteiger charge is -2.37. The van der Waals surface area contributed by atoms with Crippen molar-refractivity contribution in [1.29, 1.82) is 0 Å². The highest BCUT2D eigenvalue weighted by molar-refractivity contribution is 6.36. The summed E-state index contributed by atoms with van der Waals surface area (Å²) in [6, 6.07) is 1.85. The second kappa shape index (κ2) is 7.40. The zero-order valence-electron chi connectivity index (χ0n) is 12.0. The monoisotopic (exact) mass is 330 g/mol. The molecule has 0 saturated carbocycles. The maximum atomic E-state index is 12.2. The lowest BCUT2D eigenvalue weighted by atomic mass is 9.97. The summed E-state index contributed by atoms with van der Waals surface area (Å²) in [6.07, 6.45) is 4.74. The van der Waals surface area contributed by atoms with Crippen LogP contribution < -0.4 is 11.1 Å². The highest BCUT2D eigenvalue weighted by Crippen LogP contribution is 2.23. The van der Waals surface area contributed by atoms with E-state index in [4.69, 9.17) is 28.9 Å². The first kappa shape index (κ1) is 16.5. The molecule has 2 atom stereocenters. The van der Waals surface area contributed by atoms with E-state index in [0.29, 0.717) is 22.4 Å². The van der Waals surface area contributed by atoms with Gasteiger partial charge in [-0.25, -0.2) is 4.98 Å². The highest BCUT2D eigenvalue weighted by atomic mass is 35.5. The molecule has 21 heavy (non-hydrogen) atoms. The van der Waals surface area contributed by atoms with Crippen molar-refractivity contribution in [2.24, 2.45) is 5.73 Å². The average Bonchev–Trinajstić information content (AvgIpc) is 2.42. The van der Waals surface area contributed by atoms with Gasteiger partial charge in [-0.2, -0.15) is 0 Å². The lowest BCUT2D eigenvalue weighted by Crippen LogP contribution is -2.51. The third-order valence-corrected chi connectivity index (χ3v) is 4.18. The van der Waals surface area contributed by atoms with Crippen molar-refractivity contribution in [2.45, 2.75) is 38.3 Å². The average molecular weight is 331 g/mol. The van der Waals surface area contributed by atoms with E-state index >= 15 is 0 Å². The maximum absolute atomic E-state index is 12.2. The molecular weight excluding hydrogens is 311 g/mol. The van der Waals surface area contributed by atoms with E-state index in [2.05, 4.69) is 15.2 Å². The minimum Gasteiger partial charge on any atom is -0.327 e. The molecule has 2 unspecified atom stereocenters. The van der Waals surface area contributed by atoms with Crippen molar-refractivity contribution in [2.75, 3.05) is 18.4 Å². The van der Waals surface area contributed by atoms with Crippen LogP contribution in [0.25, 0.3) is 0 Å². The van der Waals surface area contributed by atoms with Gasteiger partial charge in [-0.3, -0.25) is 9.69 Å². The molecule has 0 spiro atoms. The molecule has 1 aliphatic rings. The van der Waals surface area contributed by atoms with Gasteiger partial charge in [-0.1, -0.05) is 29.6 Å². The Morgan fingerprint density at radius 3 is 3.00 bits per heavy atom. The van der Waals surface area contributed by atoms with Crippen LogP contribution >= 0.6 is 23.2 Å². The number of piperidine rings is 1. The normalized spacial score (nSPS) is 21.0. The van der Waals surface area contributed by atoms with Crippen LogP contribution in [0.4, 0.5) is 5.82 Å². The van der Waals surface area contributed by atoms with Gasteiger partial charge < -0.3 is 11.1 Å². The molecule has 1 amide bonds. The quantitative estimate of drug-likeness (QED) is 0.889. The fraction of sp³-hybridized carbons (Fsp3) is 0.571. The summed E-state index contributed by atoms with van der Waals surface area (Å²) in [4.78, 5) is 18.3. The van der Waals surface area contributed by atoms with Crippen LogP contribution in [0.1, 0.15) is 26.2 Å². The molecule has 0 aromatic carbocycles. The lowest BCUT2D eigenvalue weighted by molar-refractivity contribution is -0.118. The van der Waals surface area contributed by atoms with E-state index in [1.807, 2.05) is 6.92 Å². The third kappa shape index (κ3) is 4.54. The molecule has 5 nitrogen and oxygen atoms in total. The van der Waals surface area contributed by atoms with E-state index in [1.165, 1.54) is 6.20 Å². The van der Waals surface area contributed by atoms with Gasteiger partial charge in [0.25, 0.3) is 0 Å². The number of aromatic nitrogens is 1. The first-order valence-corrected chi connectivity index (χ1v) is 7.83. The zero-order chi connectivity index (χ0) is 15.4. The first-order valence-electron chi connectivity index (χ1n) is 7.08. The Morgan fingerprint density at radius 2 is 2.33 bits per heavy atom. The first-order chi connectivity index (χ1) is 9.97. The molecule has 1 saturated heterocycles. The summed E-state index contributed by atoms with van der Waals surface area (Å²) < 4.78 is 0. The van der Waals surface area contributed by atoms with Gasteiger partial charge >= 0.3 is 0 Å². The molecule has 0 radical (unpaired) electrons. The minimum atomic E-state index is -0.140. The van der Waals surface area contributed by atoms with Gasteiger partial charge in [0.15, 0.2) is 5.82 Å². The van der Waals surface area contributed by atoms with Crippen molar-refractivity contribution < 1.29 is 4.79 Å². The Labute approximate surface area is 134 Å². The van der Waals surface area contributed by atoms with Crippen LogP contribution in [0.15, 0.2) is 12.3 Å². The summed E-state index contributed by atoms with van der Waals surface area (Å²) in [5, 5.41) is 3.49. The van der Waals surface area contributed by atoms with Crippen molar-refractivity contribution in [3.05, 3.63) is 22.3 Å². The number of likely N-dealkylation sites (tertiary alicyclic amines) is 1. The molecule has 7 heteroatoms. The molecule has 0 bridgehead atoms. The Kier molecular flexibility index (Phi) is 5.81. The van der Waals surface area contributed by atoms with Gasteiger partial charge in [0, 0.05) is 18.3 Å². The van der Waals surface area contributed by atoms with Crippen molar-refractivity contribution in [3.63, 3.8) is 0 Å². The number of amides is 1. The van der Waals surface area contributed by atoms with E-state index < -0.39 is 0 Å². The van der Waals surface area contributed by atoms with Crippen LogP contribution in [0.2, 0.25) is 10.0 Å². The van der Waals surface area contributed by atoms with Gasteiger partial charge in [0.1, 0.15) is 0 Å². The molecule has 3 N–H and O–H groups in total. The minimum absolute atomic E-state index is 0.0512. The SMILES string of the molecule is CC(N)C1CCCCN1CC(=O)Nc1ncc(Cl)cc1Cl. The van der Waals surface area contributed by atoms with E-state index in [0.717, 1.165) is 25.8 Å². The van der Waals surface area contributed by atoms with Crippen LogP contribution in [0.3, 0.4) is 0 Å². The number of nitrogens with two attached hydrogens (primary N) is 1. The largest absolute Gasteiger partial charge is 0.327 e. The second-order valence-electron chi connectivity index (χ2n) is 5.42. The Bertz CT molecular complexity index is 510. The highest BCUT2D eigenvalue weighted by Gasteiger charge is 2.27. The van der Waals surface area contributed by atoms with Crippen molar-refractivity contribution in [3.8, 4) is 0 Å². The van der Waals surface area contributed by atoms with E-state index in [-0.39, 0.29) is 18.0 Å². The van der Waals surface area contributed by atoms with Gasteiger partial charge in [-0.15, -0.1) is 0 Å². The molecule has 1 aromatic heterocycles. The zero-order valence-corrected chi connectivity index (χ0v) is 13.5. The molecular formula is C14H20Cl2N4O. The Morgan fingerprint density at radius 1 is 1.57 bits per heavy atom. The predicted octanol–water partition coefficient (Wildman–Crippen LogP) is 2.53. The molecule has 2 rings (SSSR count). The molecule has 2 heterocycles. The number of halogens is 2. The van der Waals surface area contributed by atoms with Crippen LogP contribution in [0, 0.1) is 0 Å². The third-order valence-electron chi connectivity index (χ3n) is 3.68. The van der Waals surface area contributed by atoms with Crippen LogP contribution in [-0.4, -0.2) is 41.0 Å². The van der Waals surface area contributed by atoms with Gasteiger partial charge in [0.05, 0.1) is 16.6 Å². The number of nitrogens with one attached hydrogen (secondary N) is 1. The van der Waals surface area contributed by atoms with Gasteiger partial charge in [-0.05, 0) is 32.4 Å². The Balaban J connectivity index is 1.97. The number of hydrogen-bond acceptors (Lipinski definition) is 4.